The third-order valence-electron chi connectivity index (χ3n) is 4.24. The fourth-order valence-electron chi connectivity index (χ4n) is 2.52. The molecule has 0 saturated heterocycles. The first kappa shape index (κ1) is 22.0. The molecule has 4 amide bonds. The third-order valence-corrected chi connectivity index (χ3v) is 4.99. The van der Waals surface area contributed by atoms with Gasteiger partial charge in [0.25, 0.3) is 11.8 Å². The van der Waals surface area contributed by atoms with Crippen molar-refractivity contribution in [3.8, 4) is 11.9 Å². The van der Waals surface area contributed by atoms with E-state index in [-0.39, 0.29) is 59.1 Å². The number of nitrogens with zero attached hydrogens (tertiary/aromatic N) is 2. The van der Waals surface area contributed by atoms with Crippen molar-refractivity contribution in [2.75, 3.05) is 11.9 Å². The number of urea groups is 1. The molecule has 1 aliphatic rings. The summed E-state index contributed by atoms with van der Waals surface area (Å²) < 4.78 is 23.6. The van der Waals surface area contributed by atoms with Gasteiger partial charge in [-0.05, 0) is 42.6 Å². The number of ether oxygens (including phenoxy) is 1. The largest absolute Gasteiger partial charge is 0.471 e. The van der Waals surface area contributed by atoms with Crippen LogP contribution in [0.3, 0.4) is 0 Å². The summed E-state index contributed by atoms with van der Waals surface area (Å²) in [6, 6.07) is 5.30. The molecule has 10 nitrogen and oxygen atoms in total. The van der Waals surface area contributed by atoms with E-state index in [9.17, 15) is 18.8 Å². The zero-order valence-corrected chi connectivity index (χ0v) is 17.1. The number of rotatable bonds is 9. The maximum Gasteiger partial charge on any atom is 0.319 e. The molecule has 1 aliphatic carbocycles. The minimum Gasteiger partial charge on any atom is -0.471 e. The summed E-state index contributed by atoms with van der Waals surface area (Å²) in [5.41, 5.74) is 5.60. The first-order valence-electron chi connectivity index (χ1n) is 9.32. The number of hydrogen-bond acceptors (Lipinski definition) is 7. The standard InChI is InChI=1S/C19H19FN6O4S/c20-13-5-2-10(16(28)24-12-3-4-12)8-11(13)9-30-17-14(15(22)27)18(31-26-17)25-19(29)23-7-1-6-21/h2,5,8,12H,1,3-4,7,9H2,(H2,22,27)(H,24,28)(H2,23,25,29). The van der Waals surface area contributed by atoms with Gasteiger partial charge in [0.1, 0.15) is 23.0 Å². The molecule has 31 heavy (non-hydrogen) atoms. The summed E-state index contributed by atoms with van der Waals surface area (Å²) >= 11 is 0.763. The van der Waals surface area contributed by atoms with Crippen LogP contribution in [0.1, 0.15) is 45.5 Å². The van der Waals surface area contributed by atoms with Crippen molar-refractivity contribution in [2.45, 2.75) is 31.9 Å². The summed E-state index contributed by atoms with van der Waals surface area (Å²) in [6.45, 7) is -0.186. The van der Waals surface area contributed by atoms with Gasteiger partial charge >= 0.3 is 6.03 Å². The summed E-state index contributed by atoms with van der Waals surface area (Å²) in [5.74, 6) is -1.95. The Hall–Kier alpha value is -3.72. The van der Waals surface area contributed by atoms with Crippen molar-refractivity contribution >= 4 is 34.4 Å². The molecular formula is C19H19FN6O4S. The zero-order valence-electron chi connectivity index (χ0n) is 16.2. The Labute approximate surface area is 180 Å². The van der Waals surface area contributed by atoms with Crippen LogP contribution in [0.2, 0.25) is 0 Å². The molecule has 1 saturated carbocycles. The molecule has 3 rings (SSSR count). The minimum atomic E-state index is -0.894. The SMILES string of the molecule is N#CCCNC(=O)Nc1snc(OCc2cc(C(=O)NC3CC3)ccc2F)c1C(N)=O. The Morgan fingerprint density at radius 3 is 2.81 bits per heavy atom. The van der Waals surface area contributed by atoms with E-state index in [2.05, 4.69) is 20.3 Å². The number of carbonyl (C=O) groups is 3. The van der Waals surface area contributed by atoms with E-state index in [1.807, 2.05) is 6.07 Å². The highest BCUT2D eigenvalue weighted by Crippen LogP contribution is 2.31. The molecule has 1 heterocycles. The first-order chi connectivity index (χ1) is 14.9. The van der Waals surface area contributed by atoms with Gasteiger partial charge in [-0.1, -0.05) is 0 Å². The number of carbonyl (C=O) groups excluding carboxylic acids is 3. The van der Waals surface area contributed by atoms with Crippen LogP contribution in [0.15, 0.2) is 18.2 Å². The number of primary amides is 1. The maximum absolute atomic E-state index is 14.2. The monoisotopic (exact) mass is 446 g/mol. The van der Waals surface area contributed by atoms with Crippen LogP contribution in [0.5, 0.6) is 5.88 Å². The highest BCUT2D eigenvalue weighted by Gasteiger charge is 2.25. The number of amides is 4. The topological polar surface area (TPSA) is 159 Å². The van der Waals surface area contributed by atoms with Gasteiger partial charge in [0.2, 0.25) is 5.88 Å². The molecule has 2 aromatic rings. The van der Waals surface area contributed by atoms with Gasteiger partial charge < -0.3 is 21.1 Å². The van der Waals surface area contributed by atoms with Crippen molar-refractivity contribution in [2.24, 2.45) is 5.73 Å². The zero-order chi connectivity index (χ0) is 22.4. The van der Waals surface area contributed by atoms with Gasteiger partial charge in [0.05, 0.1) is 12.5 Å². The molecular weight excluding hydrogens is 427 g/mol. The van der Waals surface area contributed by atoms with Crippen LogP contribution >= 0.6 is 11.5 Å². The number of halogens is 1. The van der Waals surface area contributed by atoms with Crippen LogP contribution in [-0.2, 0) is 6.61 Å². The Kier molecular flexibility index (Phi) is 6.99. The van der Waals surface area contributed by atoms with Crippen molar-refractivity contribution in [3.05, 3.63) is 40.7 Å². The molecule has 0 bridgehead atoms. The molecule has 162 valence electrons. The third kappa shape index (κ3) is 5.89. The second kappa shape index (κ2) is 9.86. The number of benzene rings is 1. The lowest BCUT2D eigenvalue weighted by atomic mass is 10.1. The molecule has 1 aromatic heterocycles. The molecule has 1 fully saturated rings. The summed E-state index contributed by atoms with van der Waals surface area (Å²) in [7, 11) is 0. The number of hydrogen-bond donors (Lipinski definition) is 4. The lowest BCUT2D eigenvalue weighted by Crippen LogP contribution is -2.30. The van der Waals surface area contributed by atoms with Crippen LogP contribution < -0.4 is 26.4 Å². The maximum atomic E-state index is 14.2. The van der Waals surface area contributed by atoms with Crippen LogP contribution in [-0.4, -0.2) is 34.8 Å². The second-order valence-electron chi connectivity index (χ2n) is 6.69. The summed E-state index contributed by atoms with van der Waals surface area (Å²) in [6.07, 6.45) is 1.97. The van der Waals surface area contributed by atoms with E-state index in [4.69, 9.17) is 15.7 Å². The number of nitrogens with two attached hydrogens (primary N) is 1. The average molecular weight is 446 g/mol. The highest BCUT2D eigenvalue weighted by molar-refractivity contribution is 7.11. The van der Waals surface area contributed by atoms with E-state index >= 15 is 0 Å². The highest BCUT2D eigenvalue weighted by atomic mass is 32.1. The summed E-state index contributed by atoms with van der Waals surface area (Å²) in [4.78, 5) is 35.9. The van der Waals surface area contributed by atoms with Crippen molar-refractivity contribution < 1.29 is 23.5 Å². The average Bonchev–Trinajstić information content (AvgIpc) is 3.45. The number of anilines is 1. The molecule has 0 radical (unpaired) electrons. The lowest BCUT2D eigenvalue weighted by Gasteiger charge is -2.09. The number of nitriles is 1. The predicted octanol–water partition coefficient (Wildman–Crippen LogP) is 1.89. The number of nitrogens with one attached hydrogen (secondary N) is 3. The van der Waals surface area contributed by atoms with E-state index in [1.54, 1.807) is 0 Å². The van der Waals surface area contributed by atoms with Crippen LogP contribution in [0.25, 0.3) is 0 Å². The predicted molar refractivity (Wildman–Crippen MR) is 109 cm³/mol. The normalized spacial score (nSPS) is 12.5. The van der Waals surface area contributed by atoms with Gasteiger partial charge in [-0.15, -0.1) is 0 Å². The van der Waals surface area contributed by atoms with E-state index < -0.39 is 17.8 Å². The Balaban J connectivity index is 1.69. The van der Waals surface area contributed by atoms with Gasteiger partial charge in [0, 0.05) is 23.7 Å². The van der Waals surface area contributed by atoms with Crippen LogP contribution in [0.4, 0.5) is 14.2 Å². The van der Waals surface area contributed by atoms with Crippen molar-refractivity contribution in [1.82, 2.24) is 15.0 Å². The molecule has 0 atom stereocenters. The van der Waals surface area contributed by atoms with E-state index in [1.165, 1.54) is 12.1 Å². The van der Waals surface area contributed by atoms with Gasteiger partial charge in [-0.25, -0.2) is 9.18 Å². The Bertz CT molecular complexity index is 1050. The molecule has 0 spiro atoms. The van der Waals surface area contributed by atoms with Gasteiger partial charge in [-0.3, -0.25) is 14.9 Å². The Morgan fingerprint density at radius 1 is 1.35 bits per heavy atom. The van der Waals surface area contributed by atoms with Crippen molar-refractivity contribution in [1.29, 1.82) is 5.26 Å². The van der Waals surface area contributed by atoms with Crippen LogP contribution in [0, 0.1) is 17.1 Å². The fraction of sp³-hybridized carbons (Fsp3) is 0.316. The van der Waals surface area contributed by atoms with E-state index in [0.29, 0.717) is 0 Å². The Morgan fingerprint density at radius 2 is 2.13 bits per heavy atom. The summed E-state index contributed by atoms with van der Waals surface area (Å²) in [5, 5.41) is 16.2. The van der Waals surface area contributed by atoms with Gasteiger partial charge in [0.15, 0.2) is 0 Å². The molecule has 5 N–H and O–H groups in total. The number of aromatic nitrogens is 1. The molecule has 0 unspecified atom stereocenters. The smallest absolute Gasteiger partial charge is 0.319 e. The quantitative estimate of drug-likeness (QED) is 0.430. The minimum absolute atomic E-state index is 0.0509. The molecule has 12 heteroatoms. The molecule has 0 aliphatic heterocycles. The molecule has 1 aromatic carbocycles. The van der Waals surface area contributed by atoms with Crippen molar-refractivity contribution in [3.63, 3.8) is 0 Å². The first-order valence-corrected chi connectivity index (χ1v) is 10.1. The lowest BCUT2D eigenvalue weighted by molar-refractivity contribution is 0.0949. The van der Waals surface area contributed by atoms with E-state index in [0.717, 1.165) is 30.4 Å². The fourth-order valence-corrected chi connectivity index (χ4v) is 3.26. The van der Waals surface area contributed by atoms with Gasteiger partial charge in [-0.2, -0.15) is 9.64 Å². The second-order valence-corrected chi connectivity index (χ2v) is 7.46.